The van der Waals surface area contributed by atoms with Gasteiger partial charge in [0, 0.05) is 31.4 Å². The minimum absolute atomic E-state index is 0.115. The predicted octanol–water partition coefficient (Wildman–Crippen LogP) is 2.30. The van der Waals surface area contributed by atoms with Crippen LogP contribution >= 0.6 is 0 Å². The maximum Gasteiger partial charge on any atom is 0.240 e. The van der Waals surface area contributed by atoms with Crippen LogP contribution in [0.1, 0.15) is 68.8 Å². The molecule has 0 radical (unpaired) electrons. The molecule has 1 aliphatic heterocycles. The van der Waals surface area contributed by atoms with E-state index in [4.69, 9.17) is 9.47 Å². The van der Waals surface area contributed by atoms with Crippen LogP contribution in [0.4, 0.5) is 5.95 Å². The van der Waals surface area contributed by atoms with E-state index in [9.17, 15) is 8.42 Å². The highest BCUT2D eigenvalue weighted by molar-refractivity contribution is 7.93. The van der Waals surface area contributed by atoms with Gasteiger partial charge in [-0.15, -0.1) is 10.2 Å². The van der Waals surface area contributed by atoms with Crippen LogP contribution in [0.2, 0.25) is 0 Å². The predicted molar refractivity (Wildman–Crippen MR) is 114 cm³/mol. The molecule has 170 valence electrons. The normalized spacial score (nSPS) is 22.6. The van der Waals surface area contributed by atoms with Crippen molar-refractivity contribution in [2.24, 2.45) is 0 Å². The number of aromatic nitrogens is 5. The molecule has 2 aromatic heterocycles. The lowest BCUT2D eigenvalue weighted by Crippen LogP contribution is -2.34. The summed E-state index contributed by atoms with van der Waals surface area (Å²) in [7, 11) is -2.39. The first kappa shape index (κ1) is 22.1. The van der Waals surface area contributed by atoms with Crippen LogP contribution in [-0.2, 0) is 25.0 Å². The molecule has 0 aromatic carbocycles. The van der Waals surface area contributed by atoms with Crippen molar-refractivity contribution < 1.29 is 17.9 Å². The second-order valence-corrected chi connectivity index (χ2v) is 10.8. The van der Waals surface area contributed by atoms with Crippen LogP contribution in [0.15, 0.2) is 12.4 Å². The van der Waals surface area contributed by atoms with E-state index < -0.39 is 21.4 Å². The summed E-state index contributed by atoms with van der Waals surface area (Å²) in [6.07, 6.45) is 6.19. The van der Waals surface area contributed by atoms with E-state index in [0.29, 0.717) is 12.3 Å². The smallest absolute Gasteiger partial charge is 0.240 e. The van der Waals surface area contributed by atoms with Gasteiger partial charge in [0.25, 0.3) is 0 Å². The Balaban J connectivity index is 1.61. The van der Waals surface area contributed by atoms with Crippen molar-refractivity contribution in [2.45, 2.75) is 69.3 Å². The van der Waals surface area contributed by atoms with Crippen molar-refractivity contribution in [3.63, 3.8) is 0 Å². The van der Waals surface area contributed by atoms with Crippen LogP contribution in [0.5, 0.6) is 0 Å². The number of anilines is 1. The van der Waals surface area contributed by atoms with Gasteiger partial charge >= 0.3 is 0 Å². The fourth-order valence-electron chi connectivity index (χ4n) is 3.99. The topological polar surface area (TPSA) is 121 Å². The Morgan fingerprint density at radius 1 is 1.29 bits per heavy atom. The summed E-state index contributed by atoms with van der Waals surface area (Å²) in [5.74, 6) is 1.15. The fourth-order valence-corrected chi connectivity index (χ4v) is 5.14. The third-order valence-electron chi connectivity index (χ3n) is 6.22. The monoisotopic (exact) mass is 450 g/mol. The first-order chi connectivity index (χ1) is 14.7. The first-order valence-electron chi connectivity index (χ1n) is 10.6. The molecule has 2 aliphatic rings. The largest absolute Gasteiger partial charge is 0.381 e. The van der Waals surface area contributed by atoms with Gasteiger partial charge in [-0.25, -0.2) is 8.42 Å². The highest BCUT2D eigenvalue weighted by atomic mass is 32.2. The average Bonchev–Trinajstić information content (AvgIpc) is 3.36. The van der Waals surface area contributed by atoms with Gasteiger partial charge in [0.05, 0.1) is 24.2 Å². The maximum atomic E-state index is 13.3. The molecular formula is C20H30N6O4S. The molecule has 0 bridgehead atoms. The second kappa shape index (κ2) is 8.44. The van der Waals surface area contributed by atoms with Crippen molar-refractivity contribution >= 4 is 16.0 Å². The Morgan fingerprint density at radius 2 is 2.06 bits per heavy atom. The second-order valence-electron chi connectivity index (χ2n) is 8.72. The summed E-state index contributed by atoms with van der Waals surface area (Å²) >= 11 is 0. The van der Waals surface area contributed by atoms with Crippen molar-refractivity contribution in [1.82, 2.24) is 24.7 Å². The molecule has 1 N–H and O–H groups in total. The molecule has 0 amide bonds. The van der Waals surface area contributed by atoms with Crippen molar-refractivity contribution in [1.29, 1.82) is 0 Å². The number of ether oxygens (including phenoxy) is 2. The van der Waals surface area contributed by atoms with Crippen LogP contribution in [-0.4, -0.2) is 58.7 Å². The summed E-state index contributed by atoms with van der Waals surface area (Å²) < 4.78 is 42.3. The highest BCUT2D eigenvalue weighted by Crippen LogP contribution is 2.47. The van der Waals surface area contributed by atoms with Crippen LogP contribution in [0, 0.1) is 6.92 Å². The molecule has 4 rings (SSSR count). The van der Waals surface area contributed by atoms with Crippen molar-refractivity contribution in [3.05, 3.63) is 29.6 Å². The molecule has 2 aromatic rings. The Labute approximate surface area is 182 Å². The molecule has 2 fully saturated rings. The van der Waals surface area contributed by atoms with Gasteiger partial charge in [0.15, 0.2) is 0 Å². The zero-order valence-electron chi connectivity index (χ0n) is 18.4. The standard InChI is InChI=1S/C20H30N6O4S/c1-13-10-22-16(11-21-13)17(29-4)14(2)31(27,28)25-19-24-23-18(15-6-5-9-30-12-15)26(19)20(3)7-8-20/h10-11,14-15,17H,5-9,12H2,1-4H3,(H,24,25)/t14?,15-,17?/m1/s1. The van der Waals surface area contributed by atoms with E-state index in [1.54, 1.807) is 19.3 Å². The van der Waals surface area contributed by atoms with Crippen molar-refractivity contribution in [3.8, 4) is 0 Å². The van der Waals surface area contributed by atoms with Gasteiger partial charge < -0.3 is 9.47 Å². The molecule has 3 atom stereocenters. The number of sulfonamides is 1. The summed E-state index contributed by atoms with van der Waals surface area (Å²) in [4.78, 5) is 8.51. The van der Waals surface area contributed by atoms with Gasteiger partial charge in [-0.1, -0.05) is 0 Å². The van der Waals surface area contributed by atoms with Gasteiger partial charge in [0.2, 0.25) is 16.0 Å². The number of hydrogen-bond acceptors (Lipinski definition) is 8. The molecule has 2 unspecified atom stereocenters. The number of aryl methyl sites for hydroxylation is 1. The number of hydrogen-bond donors (Lipinski definition) is 1. The molecular weight excluding hydrogens is 420 g/mol. The van der Waals surface area contributed by atoms with E-state index in [-0.39, 0.29) is 17.4 Å². The number of nitrogens with zero attached hydrogens (tertiary/aromatic N) is 5. The zero-order valence-corrected chi connectivity index (χ0v) is 19.2. The Kier molecular flexibility index (Phi) is 6.01. The molecule has 11 heteroatoms. The van der Waals surface area contributed by atoms with Crippen molar-refractivity contribution in [2.75, 3.05) is 25.0 Å². The Bertz CT molecular complexity index is 1010. The lowest BCUT2D eigenvalue weighted by atomic mass is 10.0. The molecule has 0 spiro atoms. The van der Waals surface area contributed by atoms with E-state index in [1.165, 1.54) is 7.11 Å². The summed E-state index contributed by atoms with van der Waals surface area (Å²) in [5, 5.41) is 7.69. The number of nitrogens with one attached hydrogen (secondary N) is 1. The van der Waals surface area contributed by atoms with E-state index in [0.717, 1.165) is 43.8 Å². The Morgan fingerprint density at radius 3 is 2.65 bits per heavy atom. The Hall–Kier alpha value is -2.11. The lowest BCUT2D eigenvalue weighted by molar-refractivity contribution is 0.0764. The van der Waals surface area contributed by atoms with E-state index in [1.807, 2.05) is 11.5 Å². The molecule has 1 saturated heterocycles. The summed E-state index contributed by atoms with van der Waals surface area (Å²) in [6.45, 7) is 6.84. The minimum atomic E-state index is -3.85. The maximum absolute atomic E-state index is 13.3. The van der Waals surface area contributed by atoms with Gasteiger partial charge in [-0.05, 0) is 46.5 Å². The van der Waals surface area contributed by atoms with Gasteiger partial charge in [0.1, 0.15) is 17.2 Å². The average molecular weight is 451 g/mol. The minimum Gasteiger partial charge on any atom is -0.381 e. The highest BCUT2D eigenvalue weighted by Gasteiger charge is 2.45. The molecule has 3 heterocycles. The summed E-state index contributed by atoms with van der Waals surface area (Å²) in [6, 6.07) is 0. The molecule has 1 saturated carbocycles. The fraction of sp³-hybridized carbons (Fsp3) is 0.700. The van der Waals surface area contributed by atoms with Crippen LogP contribution < -0.4 is 4.72 Å². The molecule has 10 nitrogen and oxygen atoms in total. The van der Waals surface area contributed by atoms with E-state index in [2.05, 4.69) is 31.8 Å². The van der Waals surface area contributed by atoms with Gasteiger partial charge in [-0.3, -0.25) is 19.3 Å². The number of methoxy groups -OCH3 is 1. The molecule has 1 aliphatic carbocycles. The number of rotatable bonds is 8. The molecule has 31 heavy (non-hydrogen) atoms. The summed E-state index contributed by atoms with van der Waals surface area (Å²) in [5.41, 5.74) is 1.03. The van der Waals surface area contributed by atoms with Crippen LogP contribution in [0.25, 0.3) is 0 Å². The van der Waals surface area contributed by atoms with E-state index >= 15 is 0 Å². The lowest BCUT2D eigenvalue weighted by Gasteiger charge is -2.26. The zero-order chi connectivity index (χ0) is 22.2. The quantitative estimate of drug-likeness (QED) is 0.650. The third-order valence-corrected chi connectivity index (χ3v) is 7.92. The van der Waals surface area contributed by atoms with Gasteiger partial charge in [-0.2, -0.15) is 0 Å². The first-order valence-corrected chi connectivity index (χ1v) is 12.2. The SMILES string of the molecule is COC(c1cnc(C)cn1)C(C)S(=O)(=O)Nc1nnc([C@@H]2CCCOC2)n1C1(C)CC1. The van der Waals surface area contributed by atoms with Crippen LogP contribution in [0.3, 0.4) is 0 Å². The third kappa shape index (κ3) is 4.44.